The van der Waals surface area contributed by atoms with E-state index >= 15 is 0 Å². The van der Waals surface area contributed by atoms with Gasteiger partial charge in [0.05, 0.1) is 35.6 Å². The van der Waals surface area contributed by atoms with Crippen LogP contribution in [0.3, 0.4) is 0 Å². The predicted molar refractivity (Wildman–Crippen MR) is 139 cm³/mol. The Bertz CT molecular complexity index is 1760. The van der Waals surface area contributed by atoms with Crippen molar-refractivity contribution in [3.63, 3.8) is 0 Å². The van der Waals surface area contributed by atoms with Gasteiger partial charge in [-0.2, -0.15) is 5.10 Å². The molecule has 0 bridgehead atoms. The minimum Gasteiger partial charge on any atom is -0.496 e. The maximum Gasteiger partial charge on any atom is 0.328 e. The molecule has 0 spiro atoms. The van der Waals surface area contributed by atoms with E-state index in [9.17, 15) is 13.6 Å². The Morgan fingerprint density at radius 3 is 2.53 bits per heavy atom. The van der Waals surface area contributed by atoms with Crippen molar-refractivity contribution < 1.29 is 13.5 Å². The Hall–Kier alpha value is -4.35. The number of alkyl halides is 2. The second-order valence-corrected chi connectivity index (χ2v) is 9.57. The number of halogens is 2. The van der Waals surface area contributed by atoms with Crippen LogP contribution in [0.1, 0.15) is 18.5 Å². The molecule has 0 unspecified atom stereocenters. The van der Waals surface area contributed by atoms with E-state index in [4.69, 9.17) is 14.7 Å². The van der Waals surface area contributed by atoms with E-state index in [1.807, 2.05) is 17.9 Å². The third-order valence-corrected chi connectivity index (χ3v) is 7.26. The summed E-state index contributed by atoms with van der Waals surface area (Å²) in [7, 11) is 4.94. The summed E-state index contributed by atoms with van der Waals surface area (Å²) in [4.78, 5) is 28.6. The third kappa shape index (κ3) is 3.70. The molecule has 0 atom stereocenters. The first-order valence-corrected chi connectivity index (χ1v) is 12.2. The lowest BCUT2D eigenvalue weighted by molar-refractivity contribution is -0.0221. The van der Waals surface area contributed by atoms with Crippen LogP contribution in [-0.4, -0.2) is 60.0 Å². The van der Waals surface area contributed by atoms with Crippen molar-refractivity contribution in [2.45, 2.75) is 25.7 Å². The molecule has 5 aromatic heterocycles. The Morgan fingerprint density at radius 1 is 1.03 bits per heavy atom. The number of nitrogens with zero attached hydrogens (tertiary/aromatic N) is 8. The summed E-state index contributed by atoms with van der Waals surface area (Å²) < 4.78 is 38.2. The van der Waals surface area contributed by atoms with Crippen LogP contribution in [0.5, 0.6) is 5.75 Å². The van der Waals surface area contributed by atoms with Crippen molar-refractivity contribution in [2.75, 3.05) is 25.1 Å². The SMILES string of the molecule is COc1ccncc1-c1cc2c(cnn2-c2cc3c(c(N4CCC(F)(F)CC4)n2)n(C)c(=O)n3C)c(C)n1. The van der Waals surface area contributed by atoms with Crippen LogP contribution >= 0.6 is 0 Å². The van der Waals surface area contributed by atoms with E-state index in [2.05, 4.69) is 10.1 Å². The number of ether oxygens (including phenoxy) is 1. The molecule has 1 fully saturated rings. The van der Waals surface area contributed by atoms with Gasteiger partial charge in [0.15, 0.2) is 11.6 Å². The molecule has 1 aliphatic heterocycles. The number of rotatable bonds is 4. The van der Waals surface area contributed by atoms with E-state index in [1.54, 1.807) is 56.6 Å². The van der Waals surface area contributed by atoms with E-state index in [0.717, 1.165) is 22.2 Å². The van der Waals surface area contributed by atoms with E-state index < -0.39 is 5.92 Å². The number of piperidine rings is 1. The van der Waals surface area contributed by atoms with E-state index in [-0.39, 0.29) is 31.6 Å². The first-order valence-electron chi connectivity index (χ1n) is 12.2. The number of imidazole rings is 1. The lowest BCUT2D eigenvalue weighted by Gasteiger charge is -2.33. The van der Waals surface area contributed by atoms with Crippen molar-refractivity contribution in [1.29, 1.82) is 0 Å². The highest BCUT2D eigenvalue weighted by molar-refractivity contribution is 5.91. The molecule has 6 rings (SSSR count). The molecule has 38 heavy (non-hydrogen) atoms. The van der Waals surface area contributed by atoms with Gasteiger partial charge >= 0.3 is 5.69 Å². The minimum absolute atomic E-state index is 0.134. The lowest BCUT2D eigenvalue weighted by Crippen LogP contribution is -2.40. The van der Waals surface area contributed by atoms with Crippen molar-refractivity contribution >= 4 is 27.8 Å². The Labute approximate surface area is 216 Å². The molecule has 5 aromatic rings. The average Bonchev–Trinajstić information content (AvgIpc) is 3.44. The first kappa shape index (κ1) is 24.0. The average molecular weight is 521 g/mol. The molecule has 0 amide bonds. The minimum atomic E-state index is -2.71. The normalized spacial score (nSPS) is 15.5. The molecule has 12 heteroatoms. The zero-order chi connectivity index (χ0) is 26.8. The maximum atomic E-state index is 14.0. The van der Waals surface area contributed by atoms with Crippen LogP contribution in [0.15, 0.2) is 41.6 Å². The summed E-state index contributed by atoms with van der Waals surface area (Å²) in [6, 6.07) is 5.46. The molecule has 6 heterocycles. The monoisotopic (exact) mass is 520 g/mol. The van der Waals surface area contributed by atoms with Crippen LogP contribution in [0.4, 0.5) is 14.6 Å². The standard InChI is InChI=1S/C26H26F2N8O2/c1-15-16-14-30-36(19(16)11-18(31-15)17-13-29-8-5-21(17)38-4)22-12-20-23(34(3)25(37)33(20)2)24(32-22)35-9-6-26(27,28)7-10-35/h5,8,11-14H,6-7,9-10H2,1-4H3. The molecule has 10 nitrogen and oxygen atoms in total. The zero-order valence-electron chi connectivity index (χ0n) is 21.4. The molecule has 0 radical (unpaired) electrons. The largest absolute Gasteiger partial charge is 0.496 e. The van der Waals surface area contributed by atoms with Gasteiger partial charge in [-0.1, -0.05) is 0 Å². The maximum absolute atomic E-state index is 14.0. The predicted octanol–water partition coefficient (Wildman–Crippen LogP) is 3.62. The number of fused-ring (bicyclic) bond motifs is 2. The number of hydrogen-bond donors (Lipinski definition) is 0. The van der Waals surface area contributed by atoms with Crippen molar-refractivity contribution in [3.8, 4) is 22.8 Å². The Kier molecular flexibility index (Phi) is 5.44. The van der Waals surface area contributed by atoms with Crippen LogP contribution in [-0.2, 0) is 14.1 Å². The topological polar surface area (TPSA) is 95.9 Å². The van der Waals surface area contributed by atoms with Gasteiger partial charge in [0.25, 0.3) is 5.92 Å². The summed E-state index contributed by atoms with van der Waals surface area (Å²) >= 11 is 0. The summed E-state index contributed by atoms with van der Waals surface area (Å²) in [5.41, 5.74) is 3.92. The van der Waals surface area contributed by atoms with Gasteiger partial charge in [0, 0.05) is 69.6 Å². The van der Waals surface area contributed by atoms with E-state index in [0.29, 0.717) is 34.1 Å². The smallest absolute Gasteiger partial charge is 0.328 e. The molecule has 0 saturated carbocycles. The number of methoxy groups -OCH3 is 1. The van der Waals surface area contributed by atoms with Gasteiger partial charge in [-0.15, -0.1) is 0 Å². The second kappa shape index (κ2) is 8.61. The van der Waals surface area contributed by atoms with Gasteiger partial charge in [-0.3, -0.25) is 19.1 Å². The molecular formula is C26H26F2N8O2. The number of anilines is 1. The fraction of sp³-hybridized carbons (Fsp3) is 0.346. The summed E-state index contributed by atoms with van der Waals surface area (Å²) in [6.45, 7) is 2.17. The van der Waals surface area contributed by atoms with Gasteiger partial charge < -0.3 is 9.64 Å². The molecule has 1 saturated heterocycles. The number of hydrogen-bond acceptors (Lipinski definition) is 7. The van der Waals surface area contributed by atoms with Crippen LogP contribution < -0.4 is 15.3 Å². The second-order valence-electron chi connectivity index (χ2n) is 9.57. The first-order chi connectivity index (χ1) is 18.2. The fourth-order valence-corrected chi connectivity index (χ4v) is 5.13. The summed E-state index contributed by atoms with van der Waals surface area (Å²) in [5, 5.41) is 5.45. The molecule has 0 N–H and O–H groups in total. The molecule has 0 aliphatic carbocycles. The lowest BCUT2D eigenvalue weighted by atomic mass is 10.1. The summed E-state index contributed by atoms with van der Waals surface area (Å²) in [6.07, 6.45) is 4.53. The Balaban J connectivity index is 1.57. The van der Waals surface area contributed by atoms with Crippen LogP contribution in [0.25, 0.3) is 39.0 Å². The summed E-state index contributed by atoms with van der Waals surface area (Å²) in [5.74, 6) is -1.12. The van der Waals surface area contributed by atoms with Crippen molar-refractivity contribution in [2.24, 2.45) is 14.1 Å². The van der Waals surface area contributed by atoms with E-state index in [1.165, 1.54) is 9.13 Å². The number of aromatic nitrogens is 7. The highest BCUT2D eigenvalue weighted by Gasteiger charge is 2.35. The number of aryl methyl sites for hydroxylation is 3. The van der Waals surface area contributed by atoms with Crippen molar-refractivity contribution in [3.05, 3.63) is 53.0 Å². The fourth-order valence-electron chi connectivity index (χ4n) is 5.13. The quantitative estimate of drug-likeness (QED) is 0.357. The number of pyridine rings is 3. The van der Waals surface area contributed by atoms with Gasteiger partial charge in [-0.05, 0) is 19.1 Å². The molecule has 0 aromatic carbocycles. The Morgan fingerprint density at radius 2 is 1.79 bits per heavy atom. The van der Waals surface area contributed by atoms with Crippen LogP contribution in [0.2, 0.25) is 0 Å². The van der Waals surface area contributed by atoms with Crippen molar-refractivity contribution in [1.82, 2.24) is 33.9 Å². The van der Waals surface area contributed by atoms with Gasteiger partial charge in [-0.25, -0.2) is 23.2 Å². The highest BCUT2D eigenvalue weighted by atomic mass is 19.3. The highest BCUT2D eigenvalue weighted by Crippen LogP contribution is 2.35. The molecule has 1 aliphatic rings. The third-order valence-electron chi connectivity index (χ3n) is 7.26. The molecule has 196 valence electrons. The van der Waals surface area contributed by atoms with Gasteiger partial charge in [0.2, 0.25) is 0 Å². The van der Waals surface area contributed by atoms with Gasteiger partial charge in [0.1, 0.15) is 11.3 Å². The van der Waals surface area contributed by atoms with Crippen LogP contribution in [0, 0.1) is 6.92 Å². The zero-order valence-corrected chi connectivity index (χ0v) is 21.4. The molecular weight excluding hydrogens is 494 g/mol.